The molecular formula is C8H5F3NO. The molecule has 0 heterocycles. The van der Waals surface area contributed by atoms with Crippen LogP contribution in [-0.4, -0.2) is 12.0 Å². The molecule has 2 N–H and O–H groups in total. The zero-order valence-electron chi connectivity index (χ0n) is 6.35. The van der Waals surface area contributed by atoms with E-state index in [0.717, 1.165) is 6.07 Å². The number of ketones is 1. The molecule has 5 heteroatoms. The van der Waals surface area contributed by atoms with Crippen LogP contribution in [0.4, 0.5) is 18.9 Å². The second-order valence-corrected chi connectivity index (χ2v) is 2.32. The van der Waals surface area contributed by atoms with Crippen LogP contribution in [0, 0.1) is 6.07 Å². The van der Waals surface area contributed by atoms with Crippen LogP contribution in [0.5, 0.6) is 0 Å². The molecule has 1 rings (SSSR count). The van der Waals surface area contributed by atoms with Gasteiger partial charge in [-0.25, -0.2) is 0 Å². The first-order chi connectivity index (χ1) is 5.93. The molecular weight excluding hydrogens is 183 g/mol. The Kier molecular flexibility index (Phi) is 2.27. The fourth-order valence-electron chi connectivity index (χ4n) is 0.800. The van der Waals surface area contributed by atoms with Crippen LogP contribution in [0.1, 0.15) is 10.4 Å². The molecule has 0 spiro atoms. The third-order valence-electron chi connectivity index (χ3n) is 1.39. The monoisotopic (exact) mass is 188 g/mol. The summed E-state index contributed by atoms with van der Waals surface area (Å²) in [5, 5.41) is 0. The second-order valence-electron chi connectivity index (χ2n) is 2.32. The highest BCUT2D eigenvalue weighted by Gasteiger charge is 2.40. The summed E-state index contributed by atoms with van der Waals surface area (Å²) in [6.07, 6.45) is -4.89. The van der Waals surface area contributed by atoms with Gasteiger partial charge in [0.05, 0.1) is 11.3 Å². The zero-order chi connectivity index (χ0) is 10.1. The highest BCUT2D eigenvalue weighted by atomic mass is 19.4. The number of para-hydroxylation sites is 1. The number of rotatable bonds is 1. The first-order valence-electron chi connectivity index (χ1n) is 3.30. The number of alkyl halides is 3. The van der Waals surface area contributed by atoms with Crippen molar-refractivity contribution in [3.05, 3.63) is 29.8 Å². The molecule has 1 aromatic rings. The molecule has 0 bridgehead atoms. The van der Waals surface area contributed by atoms with Crippen molar-refractivity contribution in [3.63, 3.8) is 0 Å². The SMILES string of the molecule is Nc1[c]cccc1C(=O)C(F)(F)F. The van der Waals surface area contributed by atoms with Crippen molar-refractivity contribution in [1.82, 2.24) is 0 Å². The van der Waals surface area contributed by atoms with Crippen LogP contribution in [0.3, 0.4) is 0 Å². The molecule has 0 aliphatic rings. The summed E-state index contributed by atoms with van der Waals surface area (Å²) in [6.45, 7) is 0. The molecule has 0 amide bonds. The van der Waals surface area contributed by atoms with Crippen molar-refractivity contribution in [3.8, 4) is 0 Å². The lowest BCUT2D eigenvalue weighted by atomic mass is 10.1. The standard InChI is InChI=1S/C8H5F3NO/c9-8(10,11)7(13)5-3-1-2-4-6(5)12/h1-3H,12H2. The van der Waals surface area contributed by atoms with Crippen molar-refractivity contribution in [2.75, 3.05) is 5.73 Å². The molecule has 2 nitrogen and oxygen atoms in total. The predicted molar refractivity (Wildman–Crippen MR) is 40.1 cm³/mol. The number of carbonyl (C=O) groups excluding carboxylic acids is 1. The number of hydrogen-bond acceptors (Lipinski definition) is 2. The maximum absolute atomic E-state index is 11.9. The van der Waals surface area contributed by atoms with Crippen molar-refractivity contribution in [2.24, 2.45) is 0 Å². The number of anilines is 1. The van der Waals surface area contributed by atoms with Gasteiger partial charge in [-0.15, -0.1) is 0 Å². The summed E-state index contributed by atoms with van der Waals surface area (Å²) in [5.41, 5.74) is 4.29. The van der Waals surface area contributed by atoms with Crippen molar-refractivity contribution in [2.45, 2.75) is 6.18 Å². The topological polar surface area (TPSA) is 43.1 Å². The van der Waals surface area contributed by atoms with Gasteiger partial charge in [0.25, 0.3) is 5.78 Å². The Balaban J connectivity index is 3.10. The number of hydrogen-bond donors (Lipinski definition) is 1. The first kappa shape index (κ1) is 9.57. The fourth-order valence-corrected chi connectivity index (χ4v) is 0.800. The first-order valence-corrected chi connectivity index (χ1v) is 3.30. The van der Waals surface area contributed by atoms with Crippen molar-refractivity contribution in [1.29, 1.82) is 0 Å². The van der Waals surface area contributed by atoms with Gasteiger partial charge in [0.1, 0.15) is 0 Å². The van der Waals surface area contributed by atoms with Gasteiger partial charge in [-0.05, 0) is 6.07 Å². The van der Waals surface area contributed by atoms with E-state index in [0.29, 0.717) is 0 Å². The average Bonchev–Trinajstić information content (AvgIpc) is 2.02. The normalized spacial score (nSPS) is 11.3. The highest BCUT2D eigenvalue weighted by molar-refractivity contribution is 6.04. The molecule has 0 fully saturated rings. The lowest BCUT2D eigenvalue weighted by molar-refractivity contribution is -0.0884. The molecule has 0 saturated carbocycles. The van der Waals surface area contributed by atoms with Crippen LogP contribution < -0.4 is 5.73 Å². The number of carbonyl (C=O) groups is 1. The van der Waals surface area contributed by atoms with E-state index < -0.39 is 17.5 Å². The zero-order valence-corrected chi connectivity index (χ0v) is 6.35. The van der Waals surface area contributed by atoms with Gasteiger partial charge in [-0.1, -0.05) is 12.1 Å². The maximum Gasteiger partial charge on any atom is 0.454 e. The Labute approximate surface area is 72.2 Å². The fraction of sp³-hybridized carbons (Fsp3) is 0.125. The van der Waals surface area contributed by atoms with Gasteiger partial charge in [-0.3, -0.25) is 4.79 Å². The number of halogens is 3. The van der Waals surface area contributed by atoms with Crippen LogP contribution in [0.15, 0.2) is 18.2 Å². The van der Waals surface area contributed by atoms with Gasteiger partial charge in [0.15, 0.2) is 0 Å². The number of nitrogens with two attached hydrogens (primary N) is 1. The summed E-state index contributed by atoms with van der Waals surface area (Å²) >= 11 is 0. The van der Waals surface area contributed by atoms with Gasteiger partial charge in [-0.2, -0.15) is 13.2 Å². The lowest BCUT2D eigenvalue weighted by Gasteiger charge is -2.06. The van der Waals surface area contributed by atoms with Crippen LogP contribution in [0.2, 0.25) is 0 Å². The van der Waals surface area contributed by atoms with E-state index in [1.54, 1.807) is 0 Å². The Morgan fingerprint density at radius 1 is 1.46 bits per heavy atom. The third kappa shape index (κ3) is 1.99. The quantitative estimate of drug-likeness (QED) is 0.539. The van der Waals surface area contributed by atoms with Crippen molar-refractivity contribution < 1.29 is 18.0 Å². The van der Waals surface area contributed by atoms with Gasteiger partial charge in [0, 0.05) is 6.07 Å². The maximum atomic E-state index is 11.9. The van der Waals surface area contributed by atoms with E-state index in [1.807, 2.05) is 0 Å². The molecule has 0 atom stereocenters. The van der Waals surface area contributed by atoms with Gasteiger partial charge < -0.3 is 5.73 Å². The summed E-state index contributed by atoms with van der Waals surface area (Å²) in [7, 11) is 0. The molecule has 1 radical (unpaired) electrons. The number of nitrogen functional groups attached to an aromatic ring is 1. The highest BCUT2D eigenvalue weighted by Crippen LogP contribution is 2.24. The Hall–Kier alpha value is -1.52. The van der Waals surface area contributed by atoms with E-state index in [-0.39, 0.29) is 5.69 Å². The second kappa shape index (κ2) is 3.08. The largest absolute Gasteiger partial charge is 0.454 e. The number of benzene rings is 1. The van der Waals surface area contributed by atoms with E-state index in [1.165, 1.54) is 12.1 Å². The molecule has 69 valence electrons. The molecule has 0 saturated heterocycles. The molecule has 0 aliphatic carbocycles. The summed E-state index contributed by atoms with van der Waals surface area (Å²) in [5.74, 6) is -1.94. The Morgan fingerprint density at radius 3 is 2.54 bits per heavy atom. The summed E-state index contributed by atoms with van der Waals surface area (Å²) < 4.78 is 35.7. The van der Waals surface area contributed by atoms with Gasteiger partial charge in [0.2, 0.25) is 0 Å². The van der Waals surface area contributed by atoms with Crippen LogP contribution in [-0.2, 0) is 0 Å². The van der Waals surface area contributed by atoms with E-state index in [2.05, 4.69) is 6.07 Å². The molecule has 0 aliphatic heterocycles. The van der Waals surface area contributed by atoms with E-state index >= 15 is 0 Å². The van der Waals surface area contributed by atoms with Crippen LogP contribution in [0.25, 0.3) is 0 Å². The van der Waals surface area contributed by atoms with Gasteiger partial charge >= 0.3 is 6.18 Å². The molecule has 0 unspecified atom stereocenters. The Morgan fingerprint density at radius 2 is 2.08 bits per heavy atom. The van der Waals surface area contributed by atoms with E-state index in [9.17, 15) is 18.0 Å². The van der Waals surface area contributed by atoms with E-state index in [4.69, 9.17) is 5.73 Å². The number of Topliss-reactive ketones (excluding diaryl/α,β-unsaturated/α-hetero) is 1. The predicted octanol–water partition coefficient (Wildman–Crippen LogP) is 1.81. The lowest BCUT2D eigenvalue weighted by Crippen LogP contribution is -2.23. The smallest absolute Gasteiger partial charge is 0.398 e. The minimum absolute atomic E-state index is 0.287. The minimum atomic E-state index is -4.89. The Bertz CT molecular complexity index is 332. The molecule has 1 aromatic carbocycles. The minimum Gasteiger partial charge on any atom is -0.398 e. The van der Waals surface area contributed by atoms with Crippen LogP contribution >= 0.6 is 0 Å². The van der Waals surface area contributed by atoms with Crippen molar-refractivity contribution >= 4 is 11.5 Å². The molecule has 13 heavy (non-hydrogen) atoms. The third-order valence-corrected chi connectivity index (χ3v) is 1.39. The summed E-state index contributed by atoms with van der Waals surface area (Å²) in [6, 6.07) is 5.93. The average molecular weight is 188 g/mol. The summed E-state index contributed by atoms with van der Waals surface area (Å²) in [4.78, 5) is 10.7. The molecule has 0 aromatic heterocycles.